The minimum absolute atomic E-state index is 0.0872. The Balaban J connectivity index is 2.02. The Morgan fingerprint density at radius 3 is 2.37 bits per heavy atom. The number of anilines is 1. The number of alkyl halides is 1. The first-order valence-corrected chi connectivity index (χ1v) is 8.51. The van der Waals surface area contributed by atoms with Crippen LogP contribution < -0.4 is 10.6 Å². The summed E-state index contributed by atoms with van der Waals surface area (Å²) in [5.74, 6) is -1.28. The summed E-state index contributed by atoms with van der Waals surface area (Å²) in [5.41, 5.74) is 1.21. The Morgan fingerprint density at radius 1 is 1.04 bits per heavy atom. The van der Waals surface area contributed by atoms with Gasteiger partial charge in [0.05, 0.1) is 17.3 Å². The standard InChI is InChI=1S/C20H21FN2O4/c1-2-16(18(24)12-21)22-19(25)15-10-6-7-11-17(15)23-20(26)27-13-14-8-4-3-5-9-14/h3-11,16H,2,12-13H2,1H3,(H,22,25)(H,23,26). The highest BCUT2D eigenvalue weighted by Crippen LogP contribution is 2.16. The van der Waals surface area contributed by atoms with Gasteiger partial charge >= 0.3 is 6.09 Å². The molecule has 27 heavy (non-hydrogen) atoms. The van der Waals surface area contributed by atoms with E-state index in [0.29, 0.717) is 0 Å². The molecule has 0 aliphatic carbocycles. The first-order valence-electron chi connectivity index (χ1n) is 8.51. The van der Waals surface area contributed by atoms with Crippen molar-refractivity contribution in [2.45, 2.75) is 26.0 Å². The van der Waals surface area contributed by atoms with Gasteiger partial charge in [0, 0.05) is 0 Å². The molecule has 2 rings (SSSR count). The van der Waals surface area contributed by atoms with Gasteiger partial charge in [0.15, 0.2) is 5.78 Å². The van der Waals surface area contributed by atoms with E-state index in [1.807, 2.05) is 30.3 Å². The Labute approximate surface area is 156 Å². The van der Waals surface area contributed by atoms with Crippen molar-refractivity contribution in [3.63, 3.8) is 0 Å². The molecular weight excluding hydrogens is 351 g/mol. The lowest BCUT2D eigenvalue weighted by atomic mass is 10.1. The third-order valence-electron chi connectivity index (χ3n) is 3.86. The smallest absolute Gasteiger partial charge is 0.411 e. The van der Waals surface area contributed by atoms with E-state index < -0.39 is 30.5 Å². The molecule has 142 valence electrons. The molecular formula is C20H21FN2O4. The molecule has 0 bridgehead atoms. The Hall–Kier alpha value is -3.22. The second-order valence-electron chi connectivity index (χ2n) is 5.77. The van der Waals surface area contributed by atoms with Gasteiger partial charge in [-0.25, -0.2) is 9.18 Å². The molecule has 0 saturated heterocycles. The highest BCUT2D eigenvalue weighted by molar-refractivity contribution is 6.04. The number of rotatable bonds is 8. The molecule has 0 aliphatic rings. The summed E-state index contributed by atoms with van der Waals surface area (Å²) in [6, 6.07) is 14.5. The van der Waals surface area contributed by atoms with Crippen LogP contribution in [0.3, 0.4) is 0 Å². The van der Waals surface area contributed by atoms with Crippen molar-refractivity contribution >= 4 is 23.5 Å². The number of Topliss-reactive ketones (excluding diaryl/α,β-unsaturated/α-hetero) is 1. The van der Waals surface area contributed by atoms with E-state index in [4.69, 9.17) is 4.74 Å². The van der Waals surface area contributed by atoms with Gasteiger partial charge in [-0.2, -0.15) is 0 Å². The van der Waals surface area contributed by atoms with Crippen LogP contribution in [-0.4, -0.2) is 30.5 Å². The zero-order chi connectivity index (χ0) is 19.6. The van der Waals surface area contributed by atoms with E-state index in [-0.39, 0.29) is 24.3 Å². The van der Waals surface area contributed by atoms with E-state index in [0.717, 1.165) is 5.56 Å². The predicted octanol–water partition coefficient (Wildman–Crippen LogP) is 3.48. The van der Waals surface area contributed by atoms with Crippen LogP contribution in [0.2, 0.25) is 0 Å². The van der Waals surface area contributed by atoms with Crippen LogP contribution in [0.15, 0.2) is 54.6 Å². The molecule has 1 atom stereocenters. The fourth-order valence-electron chi connectivity index (χ4n) is 2.40. The SMILES string of the molecule is CCC(NC(=O)c1ccccc1NC(=O)OCc1ccccc1)C(=O)CF. The minimum Gasteiger partial charge on any atom is -0.444 e. The van der Waals surface area contributed by atoms with Crippen molar-refractivity contribution < 1.29 is 23.5 Å². The fraction of sp³-hybridized carbons (Fsp3) is 0.250. The second kappa shape index (κ2) is 10.1. The molecule has 2 N–H and O–H groups in total. The molecule has 2 aromatic carbocycles. The molecule has 1 unspecified atom stereocenters. The van der Waals surface area contributed by atoms with Crippen LogP contribution in [0.4, 0.5) is 14.9 Å². The van der Waals surface area contributed by atoms with E-state index >= 15 is 0 Å². The van der Waals surface area contributed by atoms with Gasteiger partial charge in [-0.1, -0.05) is 49.4 Å². The van der Waals surface area contributed by atoms with Crippen LogP contribution in [0.25, 0.3) is 0 Å². The molecule has 0 spiro atoms. The van der Waals surface area contributed by atoms with E-state index in [9.17, 15) is 18.8 Å². The topological polar surface area (TPSA) is 84.5 Å². The second-order valence-corrected chi connectivity index (χ2v) is 5.77. The monoisotopic (exact) mass is 372 g/mol. The van der Waals surface area contributed by atoms with Crippen LogP contribution >= 0.6 is 0 Å². The Morgan fingerprint density at radius 2 is 1.70 bits per heavy atom. The van der Waals surface area contributed by atoms with Crippen molar-refractivity contribution in [3.8, 4) is 0 Å². The highest BCUT2D eigenvalue weighted by Gasteiger charge is 2.21. The first-order chi connectivity index (χ1) is 13.0. The van der Waals surface area contributed by atoms with E-state index in [1.54, 1.807) is 19.1 Å². The Kier molecular flexibility index (Phi) is 7.49. The largest absolute Gasteiger partial charge is 0.444 e. The zero-order valence-electron chi connectivity index (χ0n) is 14.9. The average molecular weight is 372 g/mol. The molecule has 0 aromatic heterocycles. The van der Waals surface area contributed by atoms with Crippen molar-refractivity contribution in [2.24, 2.45) is 0 Å². The van der Waals surface area contributed by atoms with Gasteiger partial charge < -0.3 is 10.1 Å². The molecule has 0 fully saturated rings. The van der Waals surface area contributed by atoms with E-state index in [2.05, 4.69) is 10.6 Å². The third-order valence-corrected chi connectivity index (χ3v) is 3.86. The maximum atomic E-state index is 12.6. The molecule has 2 aromatic rings. The number of hydrogen-bond donors (Lipinski definition) is 2. The summed E-state index contributed by atoms with van der Waals surface area (Å²) in [6.45, 7) is 0.609. The minimum atomic E-state index is -1.15. The summed E-state index contributed by atoms with van der Waals surface area (Å²) in [7, 11) is 0. The lowest BCUT2D eigenvalue weighted by Gasteiger charge is -2.16. The maximum absolute atomic E-state index is 12.6. The van der Waals surface area contributed by atoms with E-state index in [1.165, 1.54) is 12.1 Å². The predicted molar refractivity (Wildman–Crippen MR) is 99.2 cm³/mol. The number of halogens is 1. The number of para-hydroxylation sites is 1. The van der Waals surface area contributed by atoms with Gasteiger partial charge in [0.1, 0.15) is 13.3 Å². The Bertz CT molecular complexity index is 796. The highest BCUT2D eigenvalue weighted by atomic mass is 19.1. The summed E-state index contributed by atoms with van der Waals surface area (Å²) in [5, 5.41) is 5.00. The first kappa shape index (κ1) is 20.1. The van der Waals surface area contributed by atoms with Crippen molar-refractivity contribution in [2.75, 3.05) is 12.0 Å². The fourth-order valence-corrected chi connectivity index (χ4v) is 2.40. The molecule has 0 heterocycles. The number of carbonyl (C=O) groups excluding carboxylic acids is 3. The maximum Gasteiger partial charge on any atom is 0.411 e. The molecule has 7 heteroatoms. The lowest BCUT2D eigenvalue weighted by Crippen LogP contribution is -2.41. The number of nitrogens with one attached hydrogen (secondary N) is 2. The van der Waals surface area contributed by atoms with Gasteiger partial charge in [-0.15, -0.1) is 0 Å². The number of amides is 2. The molecule has 0 radical (unpaired) electrons. The van der Waals surface area contributed by atoms with Crippen LogP contribution in [0.5, 0.6) is 0 Å². The van der Waals surface area contributed by atoms with Crippen molar-refractivity contribution in [1.29, 1.82) is 0 Å². The number of ketones is 1. The van der Waals surface area contributed by atoms with Crippen LogP contribution in [-0.2, 0) is 16.1 Å². The van der Waals surface area contributed by atoms with Crippen molar-refractivity contribution in [1.82, 2.24) is 5.32 Å². The third kappa shape index (κ3) is 5.91. The molecule has 2 amide bonds. The molecule has 0 saturated carbocycles. The van der Waals surface area contributed by atoms with Gasteiger partial charge in [-0.3, -0.25) is 14.9 Å². The quantitative estimate of drug-likeness (QED) is 0.743. The normalized spacial score (nSPS) is 11.3. The van der Waals surface area contributed by atoms with Gasteiger partial charge in [-0.05, 0) is 24.1 Å². The number of hydrogen-bond acceptors (Lipinski definition) is 4. The summed E-state index contributed by atoms with van der Waals surface area (Å²) >= 11 is 0. The van der Waals surface area contributed by atoms with Gasteiger partial charge in [0.25, 0.3) is 5.91 Å². The summed E-state index contributed by atoms with van der Waals surface area (Å²) in [4.78, 5) is 36.0. The average Bonchev–Trinajstić information content (AvgIpc) is 2.71. The molecule has 6 nitrogen and oxygen atoms in total. The number of ether oxygens (including phenoxy) is 1. The summed E-state index contributed by atoms with van der Waals surface area (Å²) in [6.07, 6.45) is -0.450. The lowest BCUT2D eigenvalue weighted by molar-refractivity contribution is -0.121. The van der Waals surface area contributed by atoms with Gasteiger partial charge in [0.2, 0.25) is 0 Å². The number of carbonyl (C=O) groups is 3. The summed E-state index contributed by atoms with van der Waals surface area (Å²) < 4.78 is 17.7. The van der Waals surface area contributed by atoms with Crippen LogP contribution in [0.1, 0.15) is 29.3 Å². The van der Waals surface area contributed by atoms with Crippen molar-refractivity contribution in [3.05, 3.63) is 65.7 Å². The molecule has 0 aliphatic heterocycles. The zero-order valence-corrected chi connectivity index (χ0v) is 14.9. The number of benzene rings is 2. The van der Waals surface area contributed by atoms with Crippen LogP contribution in [0, 0.1) is 0 Å².